The van der Waals surface area contributed by atoms with Crippen LogP contribution in [0, 0.1) is 17.8 Å². The third-order valence-corrected chi connectivity index (χ3v) is 4.79. The molecular weight excluding hydrogens is 260 g/mol. The van der Waals surface area contributed by atoms with Crippen LogP contribution in [0.3, 0.4) is 0 Å². The zero-order chi connectivity index (χ0) is 14.4. The molecule has 0 aromatic heterocycles. The van der Waals surface area contributed by atoms with E-state index in [0.717, 1.165) is 0 Å². The van der Waals surface area contributed by atoms with Crippen LogP contribution < -0.4 is 0 Å². The van der Waals surface area contributed by atoms with Gasteiger partial charge in [-0.25, -0.2) is 0 Å². The molecule has 0 spiro atoms. The zero-order valence-electron chi connectivity index (χ0n) is 12.1. The maximum Gasteiger partial charge on any atom is 0.302 e. The van der Waals surface area contributed by atoms with Gasteiger partial charge in [0.25, 0.3) is 0 Å². The quantitative estimate of drug-likeness (QED) is 0.860. The van der Waals surface area contributed by atoms with Gasteiger partial charge in [0.05, 0.1) is 6.10 Å². The van der Waals surface area contributed by atoms with Gasteiger partial charge in [0, 0.05) is 10.8 Å². The summed E-state index contributed by atoms with van der Waals surface area (Å²) in [5.74, 6) is 0.314. The standard InChI is InChI=1S/C15H22O3S/c1-10-6-8-11(9-7-10)12-14(2,3)13(15(12,4)5)18-19(16)17/h6-9,12-13H,1-5H3,(H,16,17). The first-order chi connectivity index (χ1) is 8.67. The van der Waals surface area contributed by atoms with Crippen LogP contribution in [0.25, 0.3) is 0 Å². The molecule has 1 atom stereocenters. The van der Waals surface area contributed by atoms with Gasteiger partial charge >= 0.3 is 11.4 Å². The fourth-order valence-corrected chi connectivity index (χ4v) is 4.73. The molecule has 0 heterocycles. The van der Waals surface area contributed by atoms with Crippen molar-refractivity contribution in [1.82, 2.24) is 0 Å². The van der Waals surface area contributed by atoms with E-state index in [1.807, 2.05) is 0 Å². The molecule has 4 heteroatoms. The first-order valence-electron chi connectivity index (χ1n) is 6.52. The van der Waals surface area contributed by atoms with E-state index in [9.17, 15) is 4.21 Å². The van der Waals surface area contributed by atoms with Crippen LogP contribution in [0.4, 0.5) is 0 Å². The molecule has 0 aliphatic heterocycles. The number of hydrogen-bond donors (Lipinski definition) is 1. The van der Waals surface area contributed by atoms with Gasteiger partial charge in [-0.15, -0.1) is 0 Å². The summed E-state index contributed by atoms with van der Waals surface area (Å²) in [7, 11) is 0. The van der Waals surface area contributed by atoms with Crippen molar-refractivity contribution in [3.8, 4) is 0 Å². The Bertz CT molecular complexity index is 475. The van der Waals surface area contributed by atoms with Crippen LogP contribution in [0.15, 0.2) is 24.3 Å². The van der Waals surface area contributed by atoms with Crippen LogP contribution >= 0.6 is 0 Å². The van der Waals surface area contributed by atoms with Gasteiger partial charge < -0.3 is 0 Å². The fraction of sp³-hybridized carbons (Fsp3) is 0.600. The summed E-state index contributed by atoms with van der Waals surface area (Å²) in [6.07, 6.45) is -0.225. The molecule has 1 saturated carbocycles. The zero-order valence-corrected chi connectivity index (χ0v) is 13.0. The maximum atomic E-state index is 11.0. The Morgan fingerprint density at radius 1 is 1.11 bits per heavy atom. The van der Waals surface area contributed by atoms with Gasteiger partial charge in [0.15, 0.2) is 0 Å². The van der Waals surface area contributed by atoms with Crippen LogP contribution in [0.5, 0.6) is 0 Å². The number of hydrogen-bond acceptors (Lipinski definition) is 2. The van der Waals surface area contributed by atoms with Gasteiger partial charge in [-0.2, -0.15) is 4.21 Å². The van der Waals surface area contributed by atoms with Crippen molar-refractivity contribution in [2.75, 3.05) is 0 Å². The van der Waals surface area contributed by atoms with E-state index in [-0.39, 0.29) is 16.9 Å². The summed E-state index contributed by atoms with van der Waals surface area (Å²) >= 11 is -2.21. The Morgan fingerprint density at radius 3 is 2.00 bits per heavy atom. The summed E-state index contributed by atoms with van der Waals surface area (Å²) in [5, 5.41) is 0. The van der Waals surface area contributed by atoms with E-state index < -0.39 is 11.4 Å². The molecule has 1 aromatic rings. The molecule has 3 nitrogen and oxygen atoms in total. The molecule has 1 N–H and O–H groups in total. The Kier molecular flexibility index (Phi) is 3.62. The van der Waals surface area contributed by atoms with Crippen molar-refractivity contribution in [3.05, 3.63) is 35.4 Å². The van der Waals surface area contributed by atoms with Gasteiger partial charge in [-0.3, -0.25) is 8.74 Å². The van der Waals surface area contributed by atoms with Crippen LogP contribution in [0.2, 0.25) is 0 Å². The van der Waals surface area contributed by atoms with Crippen molar-refractivity contribution >= 4 is 11.4 Å². The van der Waals surface area contributed by atoms with Gasteiger partial charge in [0.2, 0.25) is 0 Å². The SMILES string of the molecule is Cc1ccc(C2C(C)(C)C(OS(=O)O)C2(C)C)cc1. The maximum absolute atomic E-state index is 11.0. The van der Waals surface area contributed by atoms with Crippen LogP contribution in [-0.2, 0) is 15.5 Å². The molecular formula is C15H22O3S. The molecule has 106 valence electrons. The van der Waals surface area contributed by atoms with Crippen molar-refractivity contribution in [3.63, 3.8) is 0 Å². The highest BCUT2D eigenvalue weighted by Gasteiger charge is 2.63. The lowest BCUT2D eigenvalue weighted by Crippen LogP contribution is -2.62. The summed E-state index contributed by atoms with van der Waals surface area (Å²) < 4.78 is 25.2. The lowest BCUT2D eigenvalue weighted by Gasteiger charge is -2.63. The van der Waals surface area contributed by atoms with E-state index in [1.54, 1.807) is 0 Å². The smallest absolute Gasteiger partial charge is 0.284 e. The minimum atomic E-state index is -2.21. The first-order valence-corrected chi connectivity index (χ1v) is 7.55. The normalized spacial score (nSPS) is 29.6. The second-order valence-electron chi connectivity index (χ2n) is 6.68. The molecule has 2 rings (SSSR count). The Hall–Kier alpha value is -0.710. The molecule has 19 heavy (non-hydrogen) atoms. The van der Waals surface area contributed by atoms with E-state index in [0.29, 0.717) is 5.92 Å². The molecule has 1 aliphatic carbocycles. The second kappa shape index (κ2) is 4.69. The van der Waals surface area contributed by atoms with Crippen molar-refractivity contribution < 1.29 is 12.9 Å². The fourth-order valence-electron chi connectivity index (χ4n) is 4.07. The van der Waals surface area contributed by atoms with Crippen LogP contribution in [0.1, 0.15) is 44.7 Å². The van der Waals surface area contributed by atoms with E-state index in [1.165, 1.54) is 11.1 Å². The second-order valence-corrected chi connectivity index (χ2v) is 7.31. The average molecular weight is 282 g/mol. The van der Waals surface area contributed by atoms with Crippen molar-refractivity contribution in [2.24, 2.45) is 10.8 Å². The Labute approximate surface area is 117 Å². The highest BCUT2D eigenvalue weighted by atomic mass is 32.2. The minimum absolute atomic E-state index is 0.156. The van der Waals surface area contributed by atoms with Gasteiger partial charge in [-0.1, -0.05) is 57.5 Å². The van der Waals surface area contributed by atoms with Crippen LogP contribution in [-0.4, -0.2) is 14.9 Å². The molecule has 0 amide bonds. The molecule has 1 aliphatic rings. The average Bonchev–Trinajstić information content (AvgIpc) is 2.28. The molecule has 0 saturated heterocycles. The third-order valence-electron chi connectivity index (χ3n) is 4.43. The highest BCUT2D eigenvalue weighted by Crippen LogP contribution is 2.65. The van der Waals surface area contributed by atoms with E-state index in [4.69, 9.17) is 8.74 Å². The predicted octanol–water partition coefficient (Wildman–Crippen LogP) is 3.67. The van der Waals surface area contributed by atoms with Crippen molar-refractivity contribution in [1.29, 1.82) is 0 Å². The molecule has 1 unspecified atom stereocenters. The highest BCUT2D eigenvalue weighted by molar-refractivity contribution is 7.74. The predicted molar refractivity (Wildman–Crippen MR) is 77.1 cm³/mol. The molecule has 1 aromatic carbocycles. The van der Waals surface area contributed by atoms with Crippen molar-refractivity contribution in [2.45, 2.75) is 46.6 Å². The monoisotopic (exact) mass is 282 g/mol. The molecule has 0 radical (unpaired) electrons. The number of benzene rings is 1. The van der Waals surface area contributed by atoms with Gasteiger partial charge in [-0.05, 0) is 18.4 Å². The molecule has 1 fully saturated rings. The lowest BCUT2D eigenvalue weighted by atomic mass is 9.44. The largest absolute Gasteiger partial charge is 0.302 e. The minimum Gasteiger partial charge on any atom is -0.284 e. The Morgan fingerprint density at radius 2 is 1.58 bits per heavy atom. The first kappa shape index (κ1) is 14.7. The van der Waals surface area contributed by atoms with E-state index in [2.05, 4.69) is 58.9 Å². The third kappa shape index (κ3) is 2.37. The van der Waals surface area contributed by atoms with E-state index >= 15 is 0 Å². The summed E-state index contributed by atoms with van der Waals surface area (Å²) in [4.78, 5) is 0. The summed E-state index contributed by atoms with van der Waals surface area (Å²) in [6.45, 7) is 10.5. The van der Waals surface area contributed by atoms with Gasteiger partial charge in [0.1, 0.15) is 0 Å². The topological polar surface area (TPSA) is 46.5 Å². The summed E-state index contributed by atoms with van der Waals surface area (Å²) in [5.41, 5.74) is 2.20. The summed E-state index contributed by atoms with van der Waals surface area (Å²) in [6, 6.07) is 8.52. The number of aryl methyl sites for hydroxylation is 1. The lowest BCUT2D eigenvalue weighted by molar-refractivity contribution is -0.158. The number of rotatable bonds is 3. The molecule has 0 bridgehead atoms. The Balaban J connectivity index is 2.32.